The molecule has 2 rings (SSSR count). The summed E-state index contributed by atoms with van der Waals surface area (Å²) in [6.45, 7) is -0.677. The lowest BCUT2D eigenvalue weighted by molar-refractivity contribution is -0.269. The molecule has 1 aliphatic carbocycles. The van der Waals surface area contributed by atoms with Crippen LogP contribution in [0.3, 0.4) is 0 Å². The van der Waals surface area contributed by atoms with Crippen LogP contribution in [0, 0.1) is 11.8 Å². The maximum absolute atomic E-state index is 13.4. The Labute approximate surface area is 114 Å². The Morgan fingerprint density at radius 3 is 2.15 bits per heavy atom. The van der Waals surface area contributed by atoms with E-state index >= 15 is 0 Å². The number of alkyl halides is 6. The third-order valence-electron chi connectivity index (χ3n) is 4.56. The van der Waals surface area contributed by atoms with E-state index < -0.39 is 24.8 Å². The summed E-state index contributed by atoms with van der Waals surface area (Å²) >= 11 is 0. The highest BCUT2D eigenvalue weighted by Gasteiger charge is 2.63. The van der Waals surface area contributed by atoms with Crippen molar-refractivity contribution in [1.29, 1.82) is 0 Å². The van der Waals surface area contributed by atoms with Crippen LogP contribution in [0.2, 0.25) is 0 Å². The molecular weight excluding hydrogens is 284 g/mol. The van der Waals surface area contributed by atoms with Crippen molar-refractivity contribution in [2.75, 3.05) is 19.6 Å². The molecule has 20 heavy (non-hydrogen) atoms. The van der Waals surface area contributed by atoms with E-state index in [2.05, 4.69) is 0 Å². The molecule has 1 aliphatic heterocycles. The highest BCUT2D eigenvalue weighted by atomic mass is 19.3. The van der Waals surface area contributed by atoms with Gasteiger partial charge in [0.2, 0.25) is 0 Å². The molecule has 1 heterocycles. The lowest BCUT2D eigenvalue weighted by Crippen LogP contribution is -2.55. The minimum Gasteiger partial charge on any atom is -0.297 e. The number of halogens is 6. The largest absolute Gasteiger partial charge is 0.370 e. The van der Waals surface area contributed by atoms with Gasteiger partial charge in [-0.3, -0.25) is 4.90 Å². The molecule has 2 atom stereocenters. The Balaban J connectivity index is 1.96. The molecule has 7 heteroatoms. The maximum Gasteiger partial charge on any atom is 0.370 e. The summed E-state index contributed by atoms with van der Waals surface area (Å²) in [6, 6.07) is 0. The molecule has 2 aliphatic rings. The number of hydrogen-bond donors (Lipinski definition) is 0. The van der Waals surface area contributed by atoms with Crippen molar-refractivity contribution in [3.63, 3.8) is 0 Å². The molecule has 1 nitrogen and oxygen atoms in total. The zero-order valence-electron chi connectivity index (χ0n) is 11.1. The second kappa shape index (κ2) is 5.73. The van der Waals surface area contributed by atoms with Crippen LogP contribution in [-0.2, 0) is 0 Å². The lowest BCUT2D eigenvalue weighted by atomic mass is 9.75. The van der Waals surface area contributed by atoms with Crippen molar-refractivity contribution in [1.82, 2.24) is 4.90 Å². The summed E-state index contributed by atoms with van der Waals surface area (Å²) in [5.41, 5.74) is 0. The first-order valence-electron chi connectivity index (χ1n) is 7.00. The molecule has 0 amide bonds. The van der Waals surface area contributed by atoms with Gasteiger partial charge in [0.1, 0.15) is 0 Å². The van der Waals surface area contributed by atoms with Crippen molar-refractivity contribution < 1.29 is 26.3 Å². The number of nitrogens with zero attached hydrogens (tertiary/aromatic N) is 1. The summed E-state index contributed by atoms with van der Waals surface area (Å²) in [5.74, 6) is -9.24. The first kappa shape index (κ1) is 15.9. The average molecular weight is 303 g/mol. The van der Waals surface area contributed by atoms with Gasteiger partial charge < -0.3 is 0 Å². The smallest absolute Gasteiger partial charge is 0.297 e. The molecule has 1 saturated heterocycles. The van der Waals surface area contributed by atoms with E-state index in [0.29, 0.717) is 18.9 Å². The summed E-state index contributed by atoms with van der Waals surface area (Å²) in [6.07, 6.45) is 0.477. The van der Waals surface area contributed by atoms with Crippen molar-refractivity contribution in [2.24, 2.45) is 11.8 Å². The van der Waals surface area contributed by atoms with Gasteiger partial charge >= 0.3 is 18.3 Å². The van der Waals surface area contributed by atoms with E-state index in [1.807, 2.05) is 0 Å². The van der Waals surface area contributed by atoms with Gasteiger partial charge in [-0.05, 0) is 31.2 Å². The molecule has 0 N–H and O–H groups in total. The van der Waals surface area contributed by atoms with Gasteiger partial charge in [0.05, 0.1) is 6.54 Å². The van der Waals surface area contributed by atoms with Crippen molar-refractivity contribution in [3.8, 4) is 0 Å². The third kappa shape index (κ3) is 3.07. The first-order chi connectivity index (χ1) is 9.24. The van der Waals surface area contributed by atoms with Gasteiger partial charge in [0.15, 0.2) is 0 Å². The SMILES string of the molecule is FC(F)C(F)(F)C(F)(F)CN1CCC2CCCCC2C1. The highest BCUT2D eigenvalue weighted by molar-refractivity contribution is 4.92. The van der Waals surface area contributed by atoms with Crippen LogP contribution >= 0.6 is 0 Å². The fourth-order valence-corrected chi connectivity index (χ4v) is 3.37. The molecule has 0 radical (unpaired) electrons. The molecule has 0 aromatic rings. The number of hydrogen-bond acceptors (Lipinski definition) is 1. The predicted molar refractivity (Wildman–Crippen MR) is 62.4 cm³/mol. The van der Waals surface area contributed by atoms with Gasteiger partial charge in [-0.25, -0.2) is 8.78 Å². The molecule has 0 aromatic heterocycles. The van der Waals surface area contributed by atoms with Crippen molar-refractivity contribution in [3.05, 3.63) is 0 Å². The zero-order chi connectivity index (χ0) is 15.0. The zero-order valence-corrected chi connectivity index (χ0v) is 11.1. The Kier molecular flexibility index (Phi) is 4.56. The summed E-state index contributed by atoms with van der Waals surface area (Å²) in [7, 11) is 0. The normalized spacial score (nSPS) is 29.6. The fraction of sp³-hybridized carbons (Fsp3) is 1.00. The van der Waals surface area contributed by atoms with Crippen molar-refractivity contribution in [2.45, 2.75) is 50.4 Å². The minimum absolute atomic E-state index is 0.244. The molecule has 1 saturated carbocycles. The Hall–Kier alpha value is -0.460. The van der Waals surface area contributed by atoms with Gasteiger partial charge in [-0.1, -0.05) is 19.3 Å². The first-order valence-corrected chi connectivity index (χ1v) is 7.00. The predicted octanol–water partition coefficient (Wildman–Crippen LogP) is 4.03. The van der Waals surface area contributed by atoms with Crippen LogP contribution < -0.4 is 0 Å². The molecule has 0 aromatic carbocycles. The van der Waals surface area contributed by atoms with Crippen LogP contribution in [-0.4, -0.2) is 42.8 Å². The van der Waals surface area contributed by atoms with E-state index in [-0.39, 0.29) is 12.5 Å². The maximum atomic E-state index is 13.4. The molecule has 0 spiro atoms. The topological polar surface area (TPSA) is 3.24 Å². The summed E-state index contributed by atoms with van der Waals surface area (Å²) in [5, 5.41) is 0. The van der Waals surface area contributed by atoms with E-state index in [9.17, 15) is 26.3 Å². The highest BCUT2D eigenvalue weighted by Crippen LogP contribution is 2.41. The third-order valence-corrected chi connectivity index (χ3v) is 4.56. The number of piperidine rings is 1. The van der Waals surface area contributed by atoms with Crippen LogP contribution in [0.25, 0.3) is 0 Å². The van der Waals surface area contributed by atoms with E-state index in [4.69, 9.17) is 0 Å². The summed E-state index contributed by atoms with van der Waals surface area (Å²) in [4.78, 5) is 1.22. The van der Waals surface area contributed by atoms with Crippen LogP contribution in [0.1, 0.15) is 32.1 Å². The van der Waals surface area contributed by atoms with Gasteiger partial charge in [0, 0.05) is 6.54 Å². The van der Waals surface area contributed by atoms with Crippen LogP contribution in [0.4, 0.5) is 26.3 Å². The average Bonchev–Trinajstić information content (AvgIpc) is 2.37. The monoisotopic (exact) mass is 303 g/mol. The second-order valence-electron chi connectivity index (χ2n) is 5.96. The molecular formula is C13H19F6N. The molecule has 118 valence electrons. The van der Waals surface area contributed by atoms with Crippen molar-refractivity contribution >= 4 is 0 Å². The summed E-state index contributed by atoms with van der Waals surface area (Å²) < 4.78 is 76.7. The standard InChI is InChI=1S/C13H19F6N/c14-11(15)13(18,19)12(16,17)8-20-6-5-9-3-1-2-4-10(9)7-20/h9-11H,1-8H2. The van der Waals surface area contributed by atoms with Gasteiger partial charge in [0.25, 0.3) is 0 Å². The molecule has 2 fully saturated rings. The Bertz CT molecular complexity index is 333. The number of fused-ring (bicyclic) bond motifs is 1. The second-order valence-corrected chi connectivity index (χ2v) is 5.96. The van der Waals surface area contributed by atoms with Crippen LogP contribution in [0.5, 0.6) is 0 Å². The number of rotatable bonds is 4. The minimum atomic E-state index is -5.27. The Morgan fingerprint density at radius 1 is 0.950 bits per heavy atom. The van der Waals surface area contributed by atoms with Crippen LogP contribution in [0.15, 0.2) is 0 Å². The lowest BCUT2D eigenvalue weighted by Gasteiger charge is -2.42. The van der Waals surface area contributed by atoms with E-state index in [1.54, 1.807) is 0 Å². The Morgan fingerprint density at radius 2 is 1.55 bits per heavy atom. The molecule has 0 bridgehead atoms. The van der Waals surface area contributed by atoms with Gasteiger partial charge in [-0.2, -0.15) is 17.6 Å². The van der Waals surface area contributed by atoms with Gasteiger partial charge in [-0.15, -0.1) is 0 Å². The quantitative estimate of drug-likeness (QED) is 0.709. The molecule has 2 unspecified atom stereocenters. The van der Waals surface area contributed by atoms with E-state index in [1.165, 1.54) is 4.90 Å². The van der Waals surface area contributed by atoms with E-state index in [0.717, 1.165) is 25.7 Å². The number of likely N-dealkylation sites (tertiary alicyclic amines) is 1. The fourth-order valence-electron chi connectivity index (χ4n) is 3.37.